The number of fused-ring (bicyclic) bond motifs is 1. The predicted molar refractivity (Wildman–Crippen MR) is 129 cm³/mol. The van der Waals surface area contributed by atoms with Crippen LogP contribution in [-0.4, -0.2) is 61.0 Å². The lowest BCUT2D eigenvalue weighted by Crippen LogP contribution is -2.44. The Morgan fingerprint density at radius 1 is 0.971 bits per heavy atom. The van der Waals surface area contributed by atoms with Gasteiger partial charge >= 0.3 is 5.97 Å². The lowest BCUT2D eigenvalue weighted by atomic mass is 9.98. The van der Waals surface area contributed by atoms with E-state index in [4.69, 9.17) is 4.74 Å². The first kappa shape index (κ1) is 25.1. The fraction of sp³-hybridized carbons (Fsp3) is 0.423. The molecular formula is C26H30N2O6S. The molecule has 0 bridgehead atoms. The number of nitrogens with zero attached hydrogens (tertiary/aromatic N) is 2. The van der Waals surface area contributed by atoms with Crippen molar-refractivity contribution in [1.29, 1.82) is 0 Å². The van der Waals surface area contributed by atoms with Crippen molar-refractivity contribution in [2.45, 2.75) is 50.7 Å². The molecule has 0 aromatic heterocycles. The Kier molecular flexibility index (Phi) is 7.37. The van der Waals surface area contributed by atoms with E-state index in [1.807, 2.05) is 18.2 Å². The number of benzene rings is 2. The minimum Gasteiger partial charge on any atom is -0.452 e. The quantitative estimate of drug-likeness (QED) is 0.448. The van der Waals surface area contributed by atoms with E-state index < -0.39 is 28.0 Å². The summed E-state index contributed by atoms with van der Waals surface area (Å²) in [6.45, 7) is 4.38. The van der Waals surface area contributed by atoms with Crippen LogP contribution in [0.4, 0.5) is 0 Å². The summed E-state index contributed by atoms with van der Waals surface area (Å²) in [7, 11) is -3.77. The van der Waals surface area contributed by atoms with Crippen LogP contribution in [0.3, 0.4) is 0 Å². The van der Waals surface area contributed by atoms with E-state index in [0.29, 0.717) is 31.5 Å². The standard InChI is InChI=1S/C26H30N2O6S/c1-18(29)22-8-5-9-24(16-22)35(32,33)28-14-11-21(12-15-28)26(31)34-19(2)25(30)27-13-10-20-6-3-4-7-23(20)17-27/h3-9,16,19,21H,10-15,17H2,1-2H3. The Bertz CT molecular complexity index is 1230. The number of rotatable bonds is 6. The van der Waals surface area contributed by atoms with Crippen LogP contribution in [0, 0.1) is 5.92 Å². The first-order chi connectivity index (χ1) is 16.7. The molecule has 0 spiro atoms. The van der Waals surface area contributed by atoms with Crippen LogP contribution in [0.15, 0.2) is 53.4 Å². The SMILES string of the molecule is CC(=O)c1cccc(S(=O)(=O)N2CCC(C(=O)OC(C)C(=O)N3CCc4ccccc4C3)CC2)c1. The van der Waals surface area contributed by atoms with Crippen molar-refractivity contribution in [3.8, 4) is 0 Å². The zero-order chi connectivity index (χ0) is 25.2. The van der Waals surface area contributed by atoms with Crippen molar-refractivity contribution in [3.05, 3.63) is 65.2 Å². The second-order valence-electron chi connectivity index (χ2n) is 9.12. The van der Waals surface area contributed by atoms with Gasteiger partial charge in [-0.05, 0) is 56.4 Å². The van der Waals surface area contributed by atoms with Gasteiger partial charge in [-0.2, -0.15) is 4.31 Å². The highest BCUT2D eigenvalue weighted by atomic mass is 32.2. The van der Waals surface area contributed by atoms with Crippen molar-refractivity contribution in [2.75, 3.05) is 19.6 Å². The summed E-state index contributed by atoms with van der Waals surface area (Å²) in [5.74, 6) is -1.37. The Balaban J connectivity index is 1.31. The Labute approximate surface area is 205 Å². The Morgan fingerprint density at radius 3 is 2.34 bits per heavy atom. The van der Waals surface area contributed by atoms with Gasteiger partial charge in [0.2, 0.25) is 10.0 Å². The number of piperidine rings is 1. The monoisotopic (exact) mass is 498 g/mol. The Morgan fingerprint density at radius 2 is 1.66 bits per heavy atom. The topological polar surface area (TPSA) is 101 Å². The van der Waals surface area contributed by atoms with Gasteiger partial charge in [-0.1, -0.05) is 36.4 Å². The zero-order valence-corrected chi connectivity index (χ0v) is 20.8. The van der Waals surface area contributed by atoms with Gasteiger partial charge in [-0.25, -0.2) is 8.42 Å². The van der Waals surface area contributed by atoms with Crippen molar-refractivity contribution in [3.63, 3.8) is 0 Å². The summed E-state index contributed by atoms with van der Waals surface area (Å²) >= 11 is 0. The molecule has 2 heterocycles. The van der Waals surface area contributed by atoms with E-state index in [9.17, 15) is 22.8 Å². The minimum atomic E-state index is -3.77. The predicted octanol–water partition coefficient (Wildman–Crippen LogP) is 2.81. The summed E-state index contributed by atoms with van der Waals surface area (Å²) in [4.78, 5) is 39.0. The van der Waals surface area contributed by atoms with E-state index in [1.54, 1.807) is 24.0 Å². The van der Waals surface area contributed by atoms with E-state index in [-0.39, 0.29) is 29.7 Å². The number of carbonyl (C=O) groups excluding carboxylic acids is 3. The molecular weight excluding hydrogens is 468 g/mol. The molecule has 2 aliphatic rings. The van der Waals surface area contributed by atoms with Gasteiger partial charge in [0.25, 0.3) is 5.91 Å². The average Bonchev–Trinajstić information content (AvgIpc) is 2.88. The molecule has 1 saturated heterocycles. The zero-order valence-electron chi connectivity index (χ0n) is 20.0. The third kappa shape index (κ3) is 5.46. The van der Waals surface area contributed by atoms with Gasteiger partial charge < -0.3 is 9.64 Å². The third-order valence-corrected chi connectivity index (χ3v) is 8.64. The van der Waals surface area contributed by atoms with Gasteiger partial charge in [0, 0.05) is 31.7 Å². The molecule has 0 radical (unpaired) electrons. The molecule has 1 unspecified atom stereocenters. The number of Topliss-reactive ketones (excluding diaryl/α,β-unsaturated/α-hetero) is 1. The molecule has 1 amide bonds. The van der Waals surface area contributed by atoms with Crippen LogP contribution in [0.25, 0.3) is 0 Å². The van der Waals surface area contributed by atoms with Crippen molar-refractivity contribution in [1.82, 2.24) is 9.21 Å². The summed E-state index contributed by atoms with van der Waals surface area (Å²) in [5.41, 5.74) is 2.67. The first-order valence-electron chi connectivity index (χ1n) is 11.8. The maximum Gasteiger partial charge on any atom is 0.309 e. The van der Waals surface area contributed by atoms with E-state index in [2.05, 4.69) is 6.07 Å². The molecule has 2 aromatic rings. The fourth-order valence-corrected chi connectivity index (χ4v) is 6.13. The molecule has 9 heteroatoms. The Hall–Kier alpha value is -3.04. The van der Waals surface area contributed by atoms with Gasteiger partial charge in [0.05, 0.1) is 10.8 Å². The number of sulfonamides is 1. The number of amides is 1. The number of esters is 1. The van der Waals surface area contributed by atoms with Crippen LogP contribution < -0.4 is 0 Å². The van der Waals surface area contributed by atoms with Crippen LogP contribution >= 0.6 is 0 Å². The molecule has 8 nitrogen and oxygen atoms in total. The maximum absolute atomic E-state index is 13.0. The summed E-state index contributed by atoms with van der Waals surface area (Å²) in [5, 5.41) is 0. The maximum atomic E-state index is 13.0. The second kappa shape index (κ2) is 10.3. The molecule has 1 fully saturated rings. The van der Waals surface area contributed by atoms with Crippen LogP contribution in [0.5, 0.6) is 0 Å². The van der Waals surface area contributed by atoms with E-state index in [1.165, 1.54) is 28.9 Å². The number of hydrogen-bond donors (Lipinski definition) is 0. The van der Waals surface area contributed by atoms with Crippen molar-refractivity contribution in [2.24, 2.45) is 5.92 Å². The molecule has 35 heavy (non-hydrogen) atoms. The lowest BCUT2D eigenvalue weighted by Gasteiger charge is -2.32. The third-order valence-electron chi connectivity index (χ3n) is 6.75. The van der Waals surface area contributed by atoms with Crippen molar-refractivity contribution >= 4 is 27.7 Å². The van der Waals surface area contributed by atoms with Crippen LogP contribution in [-0.2, 0) is 37.3 Å². The summed E-state index contributed by atoms with van der Waals surface area (Å²) in [6.07, 6.45) is 0.485. The van der Waals surface area contributed by atoms with Crippen molar-refractivity contribution < 1.29 is 27.5 Å². The minimum absolute atomic E-state index is 0.0635. The van der Waals surface area contributed by atoms with E-state index >= 15 is 0 Å². The number of hydrogen-bond acceptors (Lipinski definition) is 6. The largest absolute Gasteiger partial charge is 0.452 e. The van der Waals surface area contributed by atoms with Crippen LogP contribution in [0.1, 0.15) is 48.2 Å². The van der Waals surface area contributed by atoms with Gasteiger partial charge in [0.15, 0.2) is 11.9 Å². The van der Waals surface area contributed by atoms with E-state index in [0.717, 1.165) is 12.0 Å². The highest BCUT2D eigenvalue weighted by molar-refractivity contribution is 7.89. The summed E-state index contributed by atoms with van der Waals surface area (Å²) in [6, 6.07) is 14.0. The van der Waals surface area contributed by atoms with Crippen LogP contribution in [0.2, 0.25) is 0 Å². The number of ether oxygens (including phenoxy) is 1. The smallest absolute Gasteiger partial charge is 0.309 e. The average molecular weight is 499 g/mol. The van der Waals surface area contributed by atoms with Gasteiger partial charge in [-0.3, -0.25) is 14.4 Å². The molecule has 4 rings (SSSR count). The fourth-order valence-electron chi connectivity index (χ4n) is 4.62. The molecule has 2 aromatic carbocycles. The summed E-state index contributed by atoms with van der Waals surface area (Å²) < 4.78 is 32.9. The van der Waals surface area contributed by atoms with Gasteiger partial charge in [-0.15, -0.1) is 0 Å². The number of ketones is 1. The normalized spacial score (nSPS) is 17.9. The molecule has 2 aliphatic heterocycles. The first-order valence-corrected chi connectivity index (χ1v) is 13.3. The van der Waals surface area contributed by atoms with Gasteiger partial charge in [0.1, 0.15) is 0 Å². The molecule has 0 aliphatic carbocycles. The molecule has 186 valence electrons. The highest BCUT2D eigenvalue weighted by Gasteiger charge is 2.35. The molecule has 0 saturated carbocycles. The number of carbonyl (C=O) groups is 3. The highest BCUT2D eigenvalue weighted by Crippen LogP contribution is 2.26. The lowest BCUT2D eigenvalue weighted by molar-refractivity contribution is -0.163. The second-order valence-corrected chi connectivity index (χ2v) is 11.1. The molecule has 1 atom stereocenters. The molecule has 0 N–H and O–H groups in total.